The summed E-state index contributed by atoms with van der Waals surface area (Å²) in [6.45, 7) is 3.21. The van der Waals surface area contributed by atoms with Crippen molar-refractivity contribution >= 4 is 29.7 Å². The Balaban J connectivity index is 1.88. The highest BCUT2D eigenvalue weighted by Crippen LogP contribution is 2.33. The summed E-state index contributed by atoms with van der Waals surface area (Å²) in [5.74, 6) is -1.23. The predicted octanol–water partition coefficient (Wildman–Crippen LogP) is 2.85. The molecule has 1 aliphatic rings. The molecule has 1 saturated heterocycles. The summed E-state index contributed by atoms with van der Waals surface area (Å²) < 4.78 is 15.4. The van der Waals surface area contributed by atoms with Gasteiger partial charge in [-0.2, -0.15) is 0 Å². The molecule has 162 valence electrons. The normalized spacial score (nSPS) is 14.8. The maximum Gasteiger partial charge on any atom is 0.373 e. The van der Waals surface area contributed by atoms with Crippen LogP contribution in [-0.4, -0.2) is 40.9 Å². The summed E-state index contributed by atoms with van der Waals surface area (Å²) in [4.78, 5) is 48.2. The first-order valence-electron chi connectivity index (χ1n) is 9.17. The second kappa shape index (κ2) is 8.69. The zero-order valence-corrected chi connectivity index (χ0v) is 16.9. The number of amides is 3. The van der Waals surface area contributed by atoms with Gasteiger partial charge < -0.3 is 19.2 Å². The van der Waals surface area contributed by atoms with Crippen LogP contribution in [0.5, 0.6) is 5.75 Å². The molecular weight excluding hydrogens is 410 g/mol. The van der Waals surface area contributed by atoms with Crippen molar-refractivity contribution in [1.82, 2.24) is 10.2 Å². The van der Waals surface area contributed by atoms with Gasteiger partial charge in [0.15, 0.2) is 0 Å². The zero-order chi connectivity index (χ0) is 22.7. The highest BCUT2D eigenvalue weighted by Gasteiger charge is 2.35. The summed E-state index contributed by atoms with van der Waals surface area (Å²) in [5.41, 5.74) is -0.0826. The van der Waals surface area contributed by atoms with E-state index in [1.165, 1.54) is 43.5 Å². The van der Waals surface area contributed by atoms with E-state index in [1.807, 2.05) is 0 Å². The lowest BCUT2D eigenvalue weighted by Gasteiger charge is -2.13. The zero-order valence-electron chi connectivity index (χ0n) is 16.9. The molecule has 1 fully saturated rings. The number of methoxy groups -OCH3 is 1. The molecule has 3 rings (SSSR count). The molecule has 0 unspecified atom stereocenters. The number of carbonyl (C=O) groups excluding carboxylic acids is 3. The number of nitro groups is 1. The van der Waals surface area contributed by atoms with Gasteiger partial charge in [-0.3, -0.25) is 19.8 Å². The van der Waals surface area contributed by atoms with E-state index in [0.717, 1.165) is 4.90 Å². The van der Waals surface area contributed by atoms with Crippen molar-refractivity contribution in [2.45, 2.75) is 26.5 Å². The van der Waals surface area contributed by atoms with Crippen molar-refractivity contribution in [2.24, 2.45) is 0 Å². The third-order valence-electron chi connectivity index (χ3n) is 4.20. The number of esters is 1. The first-order chi connectivity index (χ1) is 14.7. The minimum Gasteiger partial charge on any atom is -0.484 e. The van der Waals surface area contributed by atoms with Crippen molar-refractivity contribution in [3.8, 4) is 5.75 Å². The quantitative estimate of drug-likeness (QED) is 0.233. The van der Waals surface area contributed by atoms with E-state index in [0.29, 0.717) is 0 Å². The van der Waals surface area contributed by atoms with Crippen LogP contribution in [-0.2, 0) is 16.1 Å². The molecular formula is C20H19N3O8. The van der Waals surface area contributed by atoms with Gasteiger partial charge in [0.05, 0.1) is 24.7 Å². The van der Waals surface area contributed by atoms with Gasteiger partial charge in [0, 0.05) is 11.6 Å². The Morgan fingerprint density at radius 1 is 1.29 bits per heavy atom. The topological polar surface area (TPSA) is 141 Å². The van der Waals surface area contributed by atoms with E-state index in [9.17, 15) is 24.5 Å². The van der Waals surface area contributed by atoms with Gasteiger partial charge in [-0.25, -0.2) is 9.59 Å². The summed E-state index contributed by atoms with van der Waals surface area (Å²) in [6.07, 6.45) is 0.957. The molecule has 1 aliphatic heterocycles. The number of hydrogen-bond donors (Lipinski definition) is 1. The smallest absolute Gasteiger partial charge is 0.373 e. The summed E-state index contributed by atoms with van der Waals surface area (Å²) in [5, 5.41) is 13.8. The van der Waals surface area contributed by atoms with Crippen molar-refractivity contribution in [3.63, 3.8) is 0 Å². The minimum absolute atomic E-state index is 0.00995. The van der Waals surface area contributed by atoms with Gasteiger partial charge in [0.2, 0.25) is 11.5 Å². The molecule has 3 amide bonds. The molecule has 0 bridgehead atoms. The Bertz CT molecular complexity index is 1090. The predicted molar refractivity (Wildman–Crippen MR) is 106 cm³/mol. The van der Waals surface area contributed by atoms with Crippen LogP contribution in [0.1, 0.15) is 35.7 Å². The Morgan fingerprint density at radius 2 is 2.03 bits per heavy atom. The third-order valence-corrected chi connectivity index (χ3v) is 4.20. The van der Waals surface area contributed by atoms with Gasteiger partial charge in [0.1, 0.15) is 11.5 Å². The van der Waals surface area contributed by atoms with E-state index in [2.05, 4.69) is 10.1 Å². The van der Waals surface area contributed by atoms with Crippen LogP contribution in [0, 0.1) is 10.1 Å². The SMILES string of the molecule is COC(=O)c1ccc(CN2C(=O)NC(=Cc3cccc([N+](=O)[O-])c3OC(C)C)C2=O)o1. The highest BCUT2D eigenvalue weighted by atomic mass is 16.6. The molecule has 0 atom stereocenters. The number of para-hydroxylation sites is 1. The number of carbonyl (C=O) groups is 3. The Kier molecular flexibility index (Phi) is 6.05. The Morgan fingerprint density at radius 3 is 2.68 bits per heavy atom. The summed E-state index contributed by atoms with van der Waals surface area (Å²) >= 11 is 0. The molecule has 0 saturated carbocycles. The molecule has 0 aliphatic carbocycles. The number of nitro benzene ring substituents is 1. The highest BCUT2D eigenvalue weighted by molar-refractivity contribution is 6.14. The van der Waals surface area contributed by atoms with Gasteiger partial charge in [-0.1, -0.05) is 12.1 Å². The number of benzene rings is 1. The monoisotopic (exact) mass is 429 g/mol. The molecule has 11 heteroatoms. The van der Waals surface area contributed by atoms with Gasteiger partial charge >= 0.3 is 17.7 Å². The maximum atomic E-state index is 12.7. The van der Waals surface area contributed by atoms with Crippen LogP contribution >= 0.6 is 0 Å². The first kappa shape index (κ1) is 21.6. The molecule has 31 heavy (non-hydrogen) atoms. The number of nitrogens with one attached hydrogen (secondary N) is 1. The number of hydrogen-bond acceptors (Lipinski definition) is 8. The van der Waals surface area contributed by atoms with Crippen molar-refractivity contribution in [2.75, 3.05) is 7.11 Å². The van der Waals surface area contributed by atoms with Crippen LogP contribution in [0.15, 0.2) is 40.4 Å². The molecule has 1 aromatic carbocycles. The lowest BCUT2D eigenvalue weighted by atomic mass is 10.1. The molecule has 0 radical (unpaired) electrons. The third kappa shape index (κ3) is 4.55. The van der Waals surface area contributed by atoms with Crippen LogP contribution in [0.2, 0.25) is 0 Å². The molecule has 1 N–H and O–H groups in total. The molecule has 1 aromatic heterocycles. The van der Waals surface area contributed by atoms with E-state index >= 15 is 0 Å². The van der Waals surface area contributed by atoms with Crippen LogP contribution < -0.4 is 10.1 Å². The fourth-order valence-corrected chi connectivity index (χ4v) is 2.86. The fourth-order valence-electron chi connectivity index (χ4n) is 2.86. The van der Waals surface area contributed by atoms with Gasteiger partial charge in [-0.05, 0) is 32.1 Å². The minimum atomic E-state index is -0.705. The average Bonchev–Trinajstić information content (AvgIpc) is 3.28. The second-order valence-corrected chi connectivity index (χ2v) is 6.76. The standard InChI is InChI=1S/C20H19N3O8/c1-11(2)30-17-12(5-4-6-15(17)23(27)28)9-14-18(24)22(20(26)21-14)10-13-7-8-16(31-13)19(25)29-3/h4-9,11H,10H2,1-3H3,(H,21,26). The van der Waals surface area contributed by atoms with E-state index < -0.39 is 22.8 Å². The molecule has 0 spiro atoms. The number of furan rings is 1. The number of imide groups is 1. The largest absolute Gasteiger partial charge is 0.484 e. The lowest BCUT2D eigenvalue weighted by Crippen LogP contribution is -2.30. The number of rotatable bonds is 7. The summed E-state index contributed by atoms with van der Waals surface area (Å²) in [6, 6.07) is 6.39. The average molecular weight is 429 g/mol. The first-order valence-corrected chi connectivity index (χ1v) is 9.17. The van der Waals surface area contributed by atoms with E-state index in [-0.39, 0.29) is 46.9 Å². The van der Waals surface area contributed by atoms with Gasteiger partial charge in [0.25, 0.3) is 5.91 Å². The molecule has 2 aromatic rings. The summed E-state index contributed by atoms with van der Waals surface area (Å²) in [7, 11) is 1.20. The van der Waals surface area contributed by atoms with Crippen molar-refractivity contribution < 1.29 is 33.2 Å². The maximum absolute atomic E-state index is 12.7. The van der Waals surface area contributed by atoms with Crippen LogP contribution in [0.4, 0.5) is 10.5 Å². The number of nitrogens with zero attached hydrogens (tertiary/aromatic N) is 2. The van der Waals surface area contributed by atoms with Crippen LogP contribution in [0.3, 0.4) is 0 Å². The number of urea groups is 1. The molecule has 2 heterocycles. The molecule has 11 nitrogen and oxygen atoms in total. The second-order valence-electron chi connectivity index (χ2n) is 6.76. The lowest BCUT2D eigenvalue weighted by molar-refractivity contribution is -0.386. The van der Waals surface area contributed by atoms with Crippen LogP contribution in [0.25, 0.3) is 6.08 Å². The van der Waals surface area contributed by atoms with Gasteiger partial charge in [-0.15, -0.1) is 0 Å². The van der Waals surface area contributed by atoms with E-state index in [4.69, 9.17) is 9.15 Å². The number of ether oxygens (including phenoxy) is 2. The fraction of sp³-hybridized carbons (Fsp3) is 0.250. The Hall–Kier alpha value is -4.15. The van der Waals surface area contributed by atoms with E-state index in [1.54, 1.807) is 13.8 Å². The van der Waals surface area contributed by atoms with Crippen molar-refractivity contribution in [3.05, 3.63) is 63.2 Å². The van der Waals surface area contributed by atoms with Crippen molar-refractivity contribution in [1.29, 1.82) is 0 Å². The Labute approximate surface area is 176 Å².